The van der Waals surface area contributed by atoms with E-state index in [4.69, 9.17) is 0 Å². The van der Waals surface area contributed by atoms with Crippen LogP contribution in [0.5, 0.6) is 5.75 Å². The molecule has 0 saturated heterocycles. The number of ether oxygens (including phenoxy) is 1. The first-order valence-electron chi connectivity index (χ1n) is 6.28. The number of esters is 1. The fraction of sp³-hybridized carbons (Fsp3) is 0.125. The number of alkyl halides is 3. The molecule has 6 heteroatoms. The van der Waals surface area contributed by atoms with Crippen LogP contribution in [0.4, 0.5) is 13.2 Å². The molecule has 0 aliphatic carbocycles. The fourth-order valence-electron chi connectivity index (χ4n) is 1.76. The van der Waals surface area contributed by atoms with Crippen LogP contribution in [0.1, 0.15) is 21.5 Å². The molecule has 0 atom stereocenters. The second-order valence-corrected chi connectivity index (χ2v) is 4.58. The van der Waals surface area contributed by atoms with E-state index in [1.165, 1.54) is 24.3 Å². The van der Waals surface area contributed by atoms with Gasteiger partial charge < -0.3 is 4.74 Å². The summed E-state index contributed by atoms with van der Waals surface area (Å²) in [6, 6.07) is 10.3. The number of carbonyl (C=O) groups is 2. The Kier molecular flexibility index (Phi) is 4.30. The maximum Gasteiger partial charge on any atom is 0.419 e. The highest BCUT2D eigenvalue weighted by atomic mass is 19.4. The summed E-state index contributed by atoms with van der Waals surface area (Å²) in [6.45, 7) is 1.80. The number of carbonyl (C=O) groups excluding carboxylic acids is 2. The number of benzene rings is 2. The summed E-state index contributed by atoms with van der Waals surface area (Å²) in [6.07, 6.45) is -4.68. The van der Waals surface area contributed by atoms with Crippen LogP contribution >= 0.6 is 0 Å². The van der Waals surface area contributed by atoms with Gasteiger partial charge in [0.1, 0.15) is 5.75 Å². The third-order valence-corrected chi connectivity index (χ3v) is 2.89. The smallest absolute Gasteiger partial charge is 0.419 e. The van der Waals surface area contributed by atoms with E-state index in [1.807, 2.05) is 0 Å². The Balaban J connectivity index is 2.23. The maximum atomic E-state index is 12.8. The summed E-state index contributed by atoms with van der Waals surface area (Å²) in [5, 5.41) is 0. The molecular weight excluding hydrogens is 297 g/mol. The molecule has 0 amide bonds. The van der Waals surface area contributed by atoms with Crippen molar-refractivity contribution in [2.24, 2.45) is 0 Å². The second-order valence-electron chi connectivity index (χ2n) is 4.58. The monoisotopic (exact) mass is 308 g/mol. The first kappa shape index (κ1) is 15.8. The molecule has 2 aromatic carbocycles. The highest BCUT2D eigenvalue weighted by molar-refractivity contribution is 6.41. The number of ketones is 1. The van der Waals surface area contributed by atoms with Crippen molar-refractivity contribution >= 4 is 11.8 Å². The molecule has 114 valence electrons. The van der Waals surface area contributed by atoms with Crippen molar-refractivity contribution in [1.82, 2.24) is 0 Å². The van der Waals surface area contributed by atoms with Gasteiger partial charge in [-0.15, -0.1) is 0 Å². The molecule has 0 unspecified atom stereocenters. The van der Waals surface area contributed by atoms with Crippen LogP contribution in [0.3, 0.4) is 0 Å². The lowest BCUT2D eigenvalue weighted by atomic mass is 10.1. The average molecular weight is 308 g/mol. The number of hydrogen-bond donors (Lipinski definition) is 0. The molecule has 0 N–H and O–H groups in total. The van der Waals surface area contributed by atoms with E-state index in [-0.39, 0.29) is 5.56 Å². The largest absolute Gasteiger partial charge is 0.420 e. The van der Waals surface area contributed by atoms with Gasteiger partial charge in [-0.05, 0) is 19.1 Å². The summed E-state index contributed by atoms with van der Waals surface area (Å²) >= 11 is 0. The minimum atomic E-state index is -4.68. The Morgan fingerprint density at radius 2 is 1.55 bits per heavy atom. The van der Waals surface area contributed by atoms with Gasteiger partial charge in [0.05, 0.1) is 5.56 Å². The Labute approximate surface area is 124 Å². The van der Waals surface area contributed by atoms with Crippen molar-refractivity contribution in [2.45, 2.75) is 13.1 Å². The summed E-state index contributed by atoms with van der Waals surface area (Å²) in [5.74, 6) is -3.06. The van der Waals surface area contributed by atoms with Gasteiger partial charge in [-0.1, -0.05) is 42.0 Å². The number of Topliss-reactive ketones (excluding diaryl/α,β-unsaturated/α-hetero) is 1. The van der Waals surface area contributed by atoms with Crippen LogP contribution in [0, 0.1) is 6.92 Å². The average Bonchev–Trinajstić information content (AvgIpc) is 2.46. The molecule has 0 aromatic heterocycles. The Morgan fingerprint density at radius 3 is 2.14 bits per heavy atom. The third-order valence-electron chi connectivity index (χ3n) is 2.89. The van der Waals surface area contributed by atoms with Gasteiger partial charge in [0, 0.05) is 5.56 Å². The van der Waals surface area contributed by atoms with Gasteiger partial charge >= 0.3 is 12.1 Å². The van der Waals surface area contributed by atoms with Gasteiger partial charge in [0.15, 0.2) is 0 Å². The summed E-state index contributed by atoms with van der Waals surface area (Å²) in [5.41, 5.74) is -0.174. The highest BCUT2D eigenvalue weighted by Gasteiger charge is 2.35. The molecular formula is C16H11F3O3. The lowest BCUT2D eigenvalue weighted by molar-refractivity contribution is -0.141. The molecule has 22 heavy (non-hydrogen) atoms. The predicted octanol–water partition coefficient (Wildman–Crippen LogP) is 3.80. The molecule has 0 aliphatic rings. The van der Waals surface area contributed by atoms with Gasteiger partial charge in [0.2, 0.25) is 0 Å². The first-order chi connectivity index (χ1) is 10.3. The number of rotatable bonds is 3. The number of aryl methyl sites for hydroxylation is 1. The minimum Gasteiger partial charge on any atom is -0.420 e. The van der Waals surface area contributed by atoms with E-state index in [0.29, 0.717) is 0 Å². The van der Waals surface area contributed by atoms with Crippen LogP contribution in [-0.2, 0) is 11.0 Å². The van der Waals surface area contributed by atoms with Crippen LogP contribution < -0.4 is 4.74 Å². The zero-order valence-corrected chi connectivity index (χ0v) is 11.5. The van der Waals surface area contributed by atoms with Crippen molar-refractivity contribution in [3.05, 3.63) is 65.2 Å². The molecule has 0 radical (unpaired) electrons. The van der Waals surface area contributed by atoms with E-state index < -0.39 is 29.2 Å². The third kappa shape index (κ3) is 3.52. The van der Waals surface area contributed by atoms with Crippen molar-refractivity contribution in [3.8, 4) is 5.75 Å². The second kappa shape index (κ2) is 6.01. The van der Waals surface area contributed by atoms with E-state index >= 15 is 0 Å². The van der Waals surface area contributed by atoms with Gasteiger partial charge in [-0.3, -0.25) is 4.79 Å². The number of para-hydroxylation sites is 1. The van der Waals surface area contributed by atoms with Crippen molar-refractivity contribution < 1.29 is 27.5 Å². The predicted molar refractivity (Wildman–Crippen MR) is 72.6 cm³/mol. The first-order valence-corrected chi connectivity index (χ1v) is 6.28. The SMILES string of the molecule is Cc1ccc(C(=O)C(=O)Oc2ccccc2C(F)(F)F)cc1. The van der Waals surface area contributed by atoms with Crippen LogP contribution in [0.25, 0.3) is 0 Å². The Bertz CT molecular complexity index is 703. The molecule has 2 rings (SSSR count). The molecule has 0 aliphatic heterocycles. The van der Waals surface area contributed by atoms with Crippen LogP contribution in [-0.4, -0.2) is 11.8 Å². The van der Waals surface area contributed by atoms with E-state index in [2.05, 4.69) is 4.74 Å². The molecule has 2 aromatic rings. The maximum absolute atomic E-state index is 12.8. The summed E-state index contributed by atoms with van der Waals surface area (Å²) < 4.78 is 43.0. The van der Waals surface area contributed by atoms with Crippen molar-refractivity contribution in [2.75, 3.05) is 0 Å². The molecule has 0 fully saturated rings. The zero-order chi connectivity index (χ0) is 16.3. The molecule has 0 spiro atoms. The van der Waals surface area contributed by atoms with Gasteiger partial charge in [-0.2, -0.15) is 13.2 Å². The molecule has 0 saturated carbocycles. The highest BCUT2D eigenvalue weighted by Crippen LogP contribution is 2.35. The van der Waals surface area contributed by atoms with Gasteiger partial charge in [-0.25, -0.2) is 4.79 Å². The topological polar surface area (TPSA) is 43.4 Å². The zero-order valence-electron chi connectivity index (χ0n) is 11.5. The van der Waals surface area contributed by atoms with Crippen molar-refractivity contribution in [3.63, 3.8) is 0 Å². The lowest BCUT2D eigenvalue weighted by Gasteiger charge is -2.12. The minimum absolute atomic E-state index is 0.0556. The van der Waals surface area contributed by atoms with E-state index in [1.54, 1.807) is 19.1 Å². The molecule has 3 nitrogen and oxygen atoms in total. The van der Waals surface area contributed by atoms with Crippen LogP contribution in [0.15, 0.2) is 48.5 Å². The molecule has 0 bridgehead atoms. The summed E-state index contributed by atoms with van der Waals surface area (Å²) in [4.78, 5) is 23.6. The van der Waals surface area contributed by atoms with Gasteiger partial charge in [0.25, 0.3) is 5.78 Å². The quantitative estimate of drug-likeness (QED) is 0.375. The Morgan fingerprint density at radius 1 is 0.955 bits per heavy atom. The molecule has 0 heterocycles. The normalized spacial score (nSPS) is 11.1. The van der Waals surface area contributed by atoms with Crippen molar-refractivity contribution in [1.29, 1.82) is 0 Å². The Hall–Kier alpha value is -2.63. The lowest BCUT2D eigenvalue weighted by Crippen LogP contribution is -2.22. The number of halogens is 3. The number of hydrogen-bond acceptors (Lipinski definition) is 3. The fourth-order valence-corrected chi connectivity index (χ4v) is 1.76. The van der Waals surface area contributed by atoms with Crippen LogP contribution in [0.2, 0.25) is 0 Å². The summed E-state index contributed by atoms with van der Waals surface area (Å²) in [7, 11) is 0. The van der Waals surface area contributed by atoms with E-state index in [9.17, 15) is 22.8 Å². The van der Waals surface area contributed by atoms with E-state index in [0.717, 1.165) is 17.7 Å². The standard InChI is InChI=1S/C16H11F3O3/c1-10-6-8-11(9-7-10)14(20)15(21)22-13-5-3-2-4-12(13)16(17,18)19/h2-9H,1H3.